The lowest BCUT2D eigenvalue weighted by Crippen LogP contribution is -2.41. The van der Waals surface area contributed by atoms with Gasteiger partial charge in [0.2, 0.25) is 5.91 Å². The average molecular weight is 667 g/mol. The number of anilines is 2. The highest BCUT2D eigenvalue weighted by Crippen LogP contribution is 2.28. The Morgan fingerprint density at radius 2 is 1.98 bits per heavy atom. The molecule has 0 bridgehead atoms. The number of ketones is 1. The van der Waals surface area contributed by atoms with E-state index in [1.54, 1.807) is 32.2 Å². The van der Waals surface area contributed by atoms with Crippen LogP contribution in [0.2, 0.25) is 0 Å². The number of hydrogen-bond acceptors (Lipinski definition) is 11. The molecule has 0 aliphatic carbocycles. The molecule has 1 fully saturated rings. The summed E-state index contributed by atoms with van der Waals surface area (Å²) >= 11 is 0. The van der Waals surface area contributed by atoms with Crippen molar-refractivity contribution in [2.45, 2.75) is 71.2 Å². The SMILES string of the molecule is COCCN(C)c1cc(C(=O)CC[C@H](O)CN2CCc3cc(OCc4ocnc4C)c(F)cc3C2)cc(NC2CCN(C(C)=O)CC2)n1. The van der Waals surface area contributed by atoms with Crippen LogP contribution in [0.25, 0.3) is 0 Å². The van der Waals surface area contributed by atoms with E-state index < -0.39 is 11.9 Å². The van der Waals surface area contributed by atoms with E-state index >= 15 is 0 Å². The number of benzene rings is 1. The topological polar surface area (TPSA) is 134 Å². The molecular formula is C35H47FN6O6. The first-order valence-corrected chi connectivity index (χ1v) is 16.6. The molecule has 0 spiro atoms. The van der Waals surface area contributed by atoms with Crippen LogP contribution in [-0.2, 0) is 29.1 Å². The van der Waals surface area contributed by atoms with Crippen LogP contribution in [0.4, 0.5) is 16.0 Å². The first-order valence-electron chi connectivity index (χ1n) is 16.6. The fourth-order valence-corrected chi connectivity index (χ4v) is 6.16. The Bertz CT molecular complexity index is 1560. The summed E-state index contributed by atoms with van der Waals surface area (Å²) in [5, 5.41) is 14.4. The van der Waals surface area contributed by atoms with E-state index in [1.165, 1.54) is 12.5 Å². The van der Waals surface area contributed by atoms with Gasteiger partial charge in [-0.2, -0.15) is 0 Å². The van der Waals surface area contributed by atoms with Crippen molar-refractivity contribution in [3.63, 3.8) is 0 Å². The van der Waals surface area contributed by atoms with Gasteiger partial charge in [-0.25, -0.2) is 14.4 Å². The smallest absolute Gasteiger partial charge is 0.219 e. The van der Waals surface area contributed by atoms with Gasteiger partial charge in [-0.1, -0.05) is 0 Å². The molecule has 5 rings (SSSR count). The van der Waals surface area contributed by atoms with E-state index in [1.807, 2.05) is 23.8 Å². The summed E-state index contributed by atoms with van der Waals surface area (Å²) in [4.78, 5) is 39.9. The van der Waals surface area contributed by atoms with Crippen LogP contribution in [0.1, 0.15) is 65.5 Å². The first kappa shape index (κ1) is 35.2. The molecule has 2 N–H and O–H groups in total. The van der Waals surface area contributed by atoms with Crippen molar-refractivity contribution >= 4 is 23.3 Å². The number of aliphatic hydroxyl groups is 1. The number of fused-ring (bicyclic) bond motifs is 1. The number of oxazole rings is 1. The maximum atomic E-state index is 14.9. The number of nitrogens with zero attached hydrogens (tertiary/aromatic N) is 5. The van der Waals surface area contributed by atoms with Crippen molar-refractivity contribution in [2.24, 2.45) is 0 Å². The second-order valence-corrected chi connectivity index (χ2v) is 12.7. The Labute approximate surface area is 281 Å². The Morgan fingerprint density at radius 1 is 1.19 bits per heavy atom. The fourth-order valence-electron chi connectivity index (χ4n) is 6.16. The number of halogens is 1. The second kappa shape index (κ2) is 16.4. The number of ether oxygens (including phenoxy) is 2. The molecule has 1 amide bonds. The molecule has 2 aromatic heterocycles. The van der Waals surface area contributed by atoms with E-state index in [0.29, 0.717) is 87.4 Å². The summed E-state index contributed by atoms with van der Waals surface area (Å²) in [6.07, 6.45) is 3.38. The number of carbonyl (C=O) groups excluding carboxylic acids is 2. The molecule has 0 saturated carbocycles. The van der Waals surface area contributed by atoms with Gasteiger partial charge in [0.1, 0.15) is 18.2 Å². The average Bonchev–Trinajstić information content (AvgIpc) is 3.49. The third kappa shape index (κ3) is 9.30. The van der Waals surface area contributed by atoms with Crippen molar-refractivity contribution in [3.05, 3.63) is 64.6 Å². The standard InChI is InChI=1S/C35H47FN6O6/c1-23-33(48-22-37-23)21-47-32-16-25-7-10-41(19-27(25)15-30(32)36)20-29(44)5-6-31(45)26-17-34(39-35(18-26)40(3)13-14-46-4)38-28-8-11-42(12-9-28)24(2)43/h15-18,22,28-29,44H,5-14,19-21H2,1-4H3,(H,38,39)/t29-/m0/s1. The lowest BCUT2D eigenvalue weighted by molar-refractivity contribution is -0.129. The molecule has 1 aromatic carbocycles. The monoisotopic (exact) mass is 666 g/mol. The Hall–Kier alpha value is -4.07. The minimum Gasteiger partial charge on any atom is -0.482 e. The zero-order valence-electron chi connectivity index (χ0n) is 28.3. The number of nitrogens with one attached hydrogen (secondary N) is 1. The summed E-state index contributed by atoms with van der Waals surface area (Å²) in [6.45, 7) is 7.56. The molecule has 2 aliphatic rings. The molecule has 13 heteroatoms. The number of carbonyl (C=O) groups is 2. The Morgan fingerprint density at radius 3 is 2.69 bits per heavy atom. The summed E-state index contributed by atoms with van der Waals surface area (Å²) in [5.74, 6) is 1.56. The molecular weight excluding hydrogens is 619 g/mol. The van der Waals surface area contributed by atoms with Crippen molar-refractivity contribution in [2.75, 3.05) is 63.7 Å². The summed E-state index contributed by atoms with van der Waals surface area (Å²) in [7, 11) is 3.55. The van der Waals surface area contributed by atoms with Gasteiger partial charge in [-0.3, -0.25) is 14.5 Å². The number of Topliss-reactive ketones (excluding diaryl/α,β-unsaturated/α-hetero) is 1. The van der Waals surface area contributed by atoms with Gasteiger partial charge in [0.25, 0.3) is 0 Å². The van der Waals surface area contributed by atoms with E-state index in [0.717, 1.165) is 24.0 Å². The third-order valence-corrected chi connectivity index (χ3v) is 9.17. The number of β-amino-alcohol motifs (C(OH)–C–C–N with tert-alkyl or cyclic N) is 1. The van der Waals surface area contributed by atoms with E-state index in [2.05, 4.69) is 15.2 Å². The van der Waals surface area contributed by atoms with Crippen molar-refractivity contribution < 1.29 is 33.0 Å². The molecule has 2 aliphatic heterocycles. The molecule has 1 atom stereocenters. The van der Waals surface area contributed by atoms with Crippen LogP contribution in [0.5, 0.6) is 5.75 Å². The number of aromatic nitrogens is 2. The largest absolute Gasteiger partial charge is 0.482 e. The molecule has 260 valence electrons. The van der Waals surface area contributed by atoms with Crippen LogP contribution in [0, 0.1) is 12.7 Å². The lowest BCUT2D eigenvalue weighted by atomic mass is 9.98. The molecule has 12 nitrogen and oxygen atoms in total. The third-order valence-electron chi connectivity index (χ3n) is 9.17. The molecule has 1 saturated heterocycles. The predicted molar refractivity (Wildman–Crippen MR) is 179 cm³/mol. The van der Waals surface area contributed by atoms with E-state index in [4.69, 9.17) is 18.9 Å². The quantitative estimate of drug-likeness (QED) is 0.228. The number of hydrogen-bond donors (Lipinski definition) is 2. The number of aryl methyl sites for hydroxylation is 1. The minimum absolute atomic E-state index is 0.0774. The van der Waals surface area contributed by atoms with Crippen LogP contribution in [0.3, 0.4) is 0 Å². The maximum absolute atomic E-state index is 14.9. The van der Waals surface area contributed by atoms with Gasteiger partial charge in [-0.15, -0.1) is 0 Å². The second-order valence-electron chi connectivity index (χ2n) is 12.7. The number of likely N-dealkylation sites (tertiary alicyclic amines) is 1. The van der Waals surface area contributed by atoms with E-state index in [-0.39, 0.29) is 36.5 Å². The number of aliphatic hydroxyl groups excluding tert-OH is 1. The van der Waals surface area contributed by atoms with Gasteiger partial charge >= 0.3 is 0 Å². The van der Waals surface area contributed by atoms with Crippen LogP contribution in [-0.4, -0.2) is 102 Å². The molecule has 0 unspecified atom stereocenters. The number of likely N-dealkylation sites (N-methyl/N-ethyl adjacent to an activating group) is 1. The molecule has 3 aromatic rings. The normalized spacial score (nSPS) is 16.0. The summed E-state index contributed by atoms with van der Waals surface area (Å²) < 4.78 is 31.1. The highest BCUT2D eigenvalue weighted by atomic mass is 19.1. The maximum Gasteiger partial charge on any atom is 0.219 e. The Kier molecular flexibility index (Phi) is 12.0. The Balaban J connectivity index is 1.16. The van der Waals surface area contributed by atoms with Gasteiger partial charge in [0, 0.05) is 78.4 Å². The van der Waals surface area contributed by atoms with Crippen LogP contribution >= 0.6 is 0 Å². The van der Waals surface area contributed by atoms with Gasteiger partial charge in [0.15, 0.2) is 29.5 Å². The fraction of sp³-hybridized carbons (Fsp3) is 0.543. The number of rotatable bonds is 15. The van der Waals surface area contributed by atoms with Gasteiger partial charge < -0.3 is 34.1 Å². The lowest BCUT2D eigenvalue weighted by Gasteiger charge is -2.32. The van der Waals surface area contributed by atoms with Gasteiger partial charge in [0.05, 0.1) is 18.4 Å². The zero-order chi connectivity index (χ0) is 34.2. The molecule has 0 radical (unpaired) electrons. The van der Waals surface area contributed by atoms with Crippen molar-refractivity contribution in [1.82, 2.24) is 19.8 Å². The highest BCUT2D eigenvalue weighted by molar-refractivity contribution is 5.97. The summed E-state index contributed by atoms with van der Waals surface area (Å²) in [6, 6.07) is 6.96. The van der Waals surface area contributed by atoms with Crippen molar-refractivity contribution in [1.29, 1.82) is 0 Å². The van der Waals surface area contributed by atoms with E-state index in [9.17, 15) is 19.1 Å². The molecule has 4 heterocycles. The van der Waals surface area contributed by atoms with Crippen molar-refractivity contribution in [3.8, 4) is 5.75 Å². The minimum atomic E-state index is -0.720. The number of piperidine rings is 1. The molecule has 48 heavy (non-hydrogen) atoms. The number of amides is 1. The first-order chi connectivity index (χ1) is 23.1. The van der Waals surface area contributed by atoms with Crippen LogP contribution < -0.4 is 15.0 Å². The predicted octanol–water partition coefficient (Wildman–Crippen LogP) is 3.98. The number of pyridine rings is 1. The number of methoxy groups -OCH3 is 1. The van der Waals surface area contributed by atoms with Gasteiger partial charge in [-0.05, 0) is 68.0 Å². The zero-order valence-corrected chi connectivity index (χ0v) is 28.3. The highest BCUT2D eigenvalue weighted by Gasteiger charge is 2.24. The van der Waals surface area contributed by atoms with Crippen LogP contribution in [0.15, 0.2) is 35.1 Å². The summed E-state index contributed by atoms with van der Waals surface area (Å²) in [5.41, 5.74) is 3.11.